The lowest BCUT2D eigenvalue weighted by molar-refractivity contribution is -0.143. The molecule has 0 aliphatic rings. The molecule has 0 N–H and O–H groups in total. The molecule has 0 heterocycles. The van der Waals surface area contributed by atoms with E-state index in [4.69, 9.17) is 9.47 Å². The molecule has 20 heavy (non-hydrogen) atoms. The third kappa shape index (κ3) is 12.9. The van der Waals surface area contributed by atoms with Crippen LogP contribution in [0.15, 0.2) is 0 Å². The number of hydrogen-bond acceptors (Lipinski definition) is 4. The second kappa shape index (κ2) is 13.9. The summed E-state index contributed by atoms with van der Waals surface area (Å²) in [5.41, 5.74) is 0. The number of carbonyl (C=O) groups is 2. The number of hydrogen-bond donors (Lipinski definition) is 0. The van der Waals surface area contributed by atoms with Crippen molar-refractivity contribution in [2.75, 3.05) is 13.2 Å². The molecule has 0 aromatic rings. The smallest absolute Gasteiger partial charge is 0.306 e. The molecule has 4 heteroatoms. The van der Waals surface area contributed by atoms with E-state index in [0.717, 1.165) is 38.5 Å². The van der Waals surface area contributed by atoms with Gasteiger partial charge in [-0.3, -0.25) is 9.59 Å². The monoisotopic (exact) mass is 282 g/mol. The molecular weight excluding hydrogens is 256 g/mol. The lowest BCUT2D eigenvalue weighted by Gasteiger charge is -2.00. The van der Waals surface area contributed by atoms with Crippen molar-refractivity contribution < 1.29 is 19.1 Å². The summed E-state index contributed by atoms with van der Waals surface area (Å²) in [7, 11) is 0. The van der Waals surface area contributed by atoms with Crippen LogP contribution in [0.1, 0.15) is 65.2 Å². The van der Waals surface area contributed by atoms with Gasteiger partial charge < -0.3 is 9.47 Å². The topological polar surface area (TPSA) is 52.6 Å². The van der Waals surface area contributed by atoms with E-state index in [1.54, 1.807) is 0 Å². The van der Waals surface area contributed by atoms with Crippen LogP contribution in [0.2, 0.25) is 0 Å². The van der Waals surface area contributed by atoms with E-state index in [1.807, 2.05) is 0 Å². The third-order valence-corrected chi connectivity index (χ3v) is 2.70. The number of esters is 2. The van der Waals surface area contributed by atoms with E-state index in [1.165, 1.54) is 0 Å². The van der Waals surface area contributed by atoms with Crippen LogP contribution in [0.3, 0.4) is 0 Å². The Kier molecular flexibility index (Phi) is 12.9. The SMILES string of the molecule is CCCCCC(=O)OCC#CCOC(=O)CCCCC. The minimum absolute atomic E-state index is 0.0678. The number of rotatable bonds is 10. The van der Waals surface area contributed by atoms with Gasteiger partial charge in [-0.25, -0.2) is 0 Å². The minimum Gasteiger partial charge on any atom is -0.452 e. The van der Waals surface area contributed by atoms with Crippen molar-refractivity contribution in [2.45, 2.75) is 65.2 Å². The molecule has 0 aliphatic carbocycles. The predicted molar refractivity (Wildman–Crippen MR) is 78.0 cm³/mol. The Morgan fingerprint density at radius 2 is 1.15 bits per heavy atom. The van der Waals surface area contributed by atoms with E-state index >= 15 is 0 Å². The molecule has 0 unspecified atom stereocenters. The van der Waals surface area contributed by atoms with Crippen LogP contribution in [0.5, 0.6) is 0 Å². The fourth-order valence-electron chi connectivity index (χ4n) is 1.52. The Morgan fingerprint density at radius 3 is 1.50 bits per heavy atom. The van der Waals surface area contributed by atoms with Crippen molar-refractivity contribution in [3.8, 4) is 11.8 Å². The van der Waals surface area contributed by atoms with Crippen LogP contribution in [0, 0.1) is 11.8 Å². The van der Waals surface area contributed by atoms with Crippen LogP contribution in [0.4, 0.5) is 0 Å². The maximum absolute atomic E-state index is 11.2. The molecule has 0 radical (unpaired) electrons. The number of unbranched alkanes of at least 4 members (excludes halogenated alkanes) is 4. The highest BCUT2D eigenvalue weighted by molar-refractivity contribution is 5.69. The summed E-state index contributed by atoms with van der Waals surface area (Å²) in [5.74, 6) is 4.88. The summed E-state index contributed by atoms with van der Waals surface area (Å²) in [5, 5.41) is 0. The van der Waals surface area contributed by atoms with Gasteiger partial charge in [0.2, 0.25) is 0 Å². The minimum atomic E-state index is -0.218. The first-order valence-electron chi connectivity index (χ1n) is 7.47. The fourth-order valence-corrected chi connectivity index (χ4v) is 1.52. The summed E-state index contributed by atoms with van der Waals surface area (Å²) in [6, 6.07) is 0. The molecule has 0 rings (SSSR count). The fraction of sp³-hybridized carbons (Fsp3) is 0.750. The average molecular weight is 282 g/mol. The molecule has 0 aliphatic heterocycles. The molecular formula is C16H26O4. The van der Waals surface area contributed by atoms with E-state index in [-0.39, 0.29) is 25.2 Å². The zero-order valence-corrected chi connectivity index (χ0v) is 12.7. The van der Waals surface area contributed by atoms with Crippen LogP contribution < -0.4 is 0 Å². The first-order chi connectivity index (χ1) is 9.70. The Bertz CT molecular complexity index is 295. The van der Waals surface area contributed by atoms with E-state index < -0.39 is 0 Å². The van der Waals surface area contributed by atoms with Gasteiger partial charge in [0.25, 0.3) is 0 Å². The van der Waals surface area contributed by atoms with Gasteiger partial charge in [-0.05, 0) is 12.8 Å². The van der Waals surface area contributed by atoms with Gasteiger partial charge >= 0.3 is 11.9 Å². The molecule has 0 aromatic carbocycles. The second-order valence-electron chi connectivity index (χ2n) is 4.59. The van der Waals surface area contributed by atoms with Crippen molar-refractivity contribution in [3.05, 3.63) is 0 Å². The quantitative estimate of drug-likeness (QED) is 0.351. The van der Waals surface area contributed by atoms with Gasteiger partial charge in [-0.1, -0.05) is 51.4 Å². The third-order valence-electron chi connectivity index (χ3n) is 2.70. The standard InChI is InChI=1S/C16H26O4/c1-3-5-7-11-15(17)19-13-9-10-14-20-16(18)12-8-6-4-2/h3-8,11-14H2,1-2H3. The summed E-state index contributed by atoms with van der Waals surface area (Å²) in [4.78, 5) is 22.5. The molecule has 0 saturated heterocycles. The highest BCUT2D eigenvalue weighted by Crippen LogP contribution is 2.00. The predicted octanol–water partition coefficient (Wildman–Crippen LogP) is 3.24. The molecule has 0 saturated carbocycles. The van der Waals surface area contributed by atoms with Crippen molar-refractivity contribution in [1.29, 1.82) is 0 Å². The van der Waals surface area contributed by atoms with Crippen molar-refractivity contribution in [2.24, 2.45) is 0 Å². The maximum Gasteiger partial charge on any atom is 0.306 e. The van der Waals surface area contributed by atoms with Crippen LogP contribution >= 0.6 is 0 Å². The van der Waals surface area contributed by atoms with Crippen molar-refractivity contribution in [1.82, 2.24) is 0 Å². The first-order valence-corrected chi connectivity index (χ1v) is 7.47. The van der Waals surface area contributed by atoms with Crippen molar-refractivity contribution in [3.63, 3.8) is 0 Å². The Hall–Kier alpha value is -1.50. The molecule has 0 aromatic heterocycles. The molecule has 0 bridgehead atoms. The highest BCUT2D eigenvalue weighted by atomic mass is 16.5. The van der Waals surface area contributed by atoms with Crippen LogP contribution in [-0.4, -0.2) is 25.2 Å². The van der Waals surface area contributed by atoms with Gasteiger partial charge in [0.1, 0.15) is 0 Å². The van der Waals surface area contributed by atoms with Gasteiger partial charge in [0, 0.05) is 12.8 Å². The summed E-state index contributed by atoms with van der Waals surface area (Å²) < 4.78 is 9.84. The van der Waals surface area contributed by atoms with Gasteiger partial charge in [0.15, 0.2) is 13.2 Å². The number of carbonyl (C=O) groups excluding carboxylic acids is 2. The van der Waals surface area contributed by atoms with Crippen LogP contribution in [-0.2, 0) is 19.1 Å². The molecule has 114 valence electrons. The average Bonchev–Trinajstić information content (AvgIpc) is 2.43. The zero-order valence-electron chi connectivity index (χ0n) is 12.7. The van der Waals surface area contributed by atoms with E-state index in [0.29, 0.717) is 12.8 Å². The lowest BCUT2D eigenvalue weighted by Crippen LogP contribution is -2.06. The van der Waals surface area contributed by atoms with Crippen molar-refractivity contribution >= 4 is 11.9 Å². The normalized spacial score (nSPS) is 9.50. The zero-order chi connectivity index (χ0) is 15.1. The van der Waals surface area contributed by atoms with Gasteiger partial charge in [-0.15, -0.1) is 0 Å². The highest BCUT2D eigenvalue weighted by Gasteiger charge is 2.01. The van der Waals surface area contributed by atoms with E-state index in [2.05, 4.69) is 25.7 Å². The molecule has 0 spiro atoms. The second-order valence-corrected chi connectivity index (χ2v) is 4.59. The lowest BCUT2D eigenvalue weighted by atomic mass is 10.2. The Morgan fingerprint density at radius 1 is 0.750 bits per heavy atom. The molecule has 4 nitrogen and oxygen atoms in total. The maximum atomic E-state index is 11.2. The van der Waals surface area contributed by atoms with Crippen LogP contribution in [0.25, 0.3) is 0 Å². The largest absolute Gasteiger partial charge is 0.452 e. The van der Waals surface area contributed by atoms with E-state index in [9.17, 15) is 9.59 Å². The first kappa shape index (κ1) is 18.5. The molecule has 0 amide bonds. The summed E-state index contributed by atoms with van der Waals surface area (Å²) >= 11 is 0. The van der Waals surface area contributed by atoms with Gasteiger partial charge in [0.05, 0.1) is 0 Å². The molecule has 0 fully saturated rings. The Balaban J connectivity index is 3.49. The van der Waals surface area contributed by atoms with Gasteiger partial charge in [-0.2, -0.15) is 0 Å². The number of ether oxygens (including phenoxy) is 2. The summed E-state index contributed by atoms with van der Waals surface area (Å²) in [6.07, 6.45) is 6.84. The molecule has 0 atom stereocenters. The summed E-state index contributed by atoms with van der Waals surface area (Å²) in [6.45, 7) is 4.30. The Labute approximate surface area is 122 Å².